The number of carbonyl (C=O) groups is 2. The van der Waals surface area contributed by atoms with Gasteiger partial charge in [-0.2, -0.15) is 0 Å². The van der Waals surface area contributed by atoms with E-state index in [0.29, 0.717) is 29.2 Å². The van der Waals surface area contributed by atoms with Gasteiger partial charge in [0.2, 0.25) is 0 Å². The zero-order chi connectivity index (χ0) is 28.5. The van der Waals surface area contributed by atoms with Gasteiger partial charge in [-0.25, -0.2) is 0 Å². The first-order valence-corrected chi connectivity index (χ1v) is 13.3. The predicted octanol–water partition coefficient (Wildman–Crippen LogP) is 7.14. The molecule has 204 valence electrons. The lowest BCUT2D eigenvalue weighted by atomic mass is 9.87. The number of ether oxygens (including phenoxy) is 2. The fourth-order valence-corrected chi connectivity index (χ4v) is 4.91. The Morgan fingerprint density at radius 2 is 1.62 bits per heavy atom. The maximum atomic E-state index is 13.6. The summed E-state index contributed by atoms with van der Waals surface area (Å²) in [6.45, 7) is 12.9. The second kappa shape index (κ2) is 11.0. The summed E-state index contributed by atoms with van der Waals surface area (Å²) in [7, 11) is 1.58. The van der Waals surface area contributed by atoms with E-state index in [0.717, 1.165) is 16.9 Å². The van der Waals surface area contributed by atoms with E-state index >= 15 is 0 Å². The van der Waals surface area contributed by atoms with Gasteiger partial charge < -0.3 is 14.6 Å². The maximum Gasteiger partial charge on any atom is 0.300 e. The van der Waals surface area contributed by atoms with Crippen LogP contribution in [0.15, 0.2) is 72.3 Å². The van der Waals surface area contributed by atoms with Gasteiger partial charge >= 0.3 is 0 Å². The number of Topliss-reactive ketones (excluding diaryl/α,β-unsaturated/α-hetero) is 1. The van der Waals surface area contributed by atoms with Crippen molar-refractivity contribution in [1.29, 1.82) is 0 Å². The molecule has 0 aliphatic carbocycles. The number of hydrogen-bond acceptors (Lipinski definition) is 5. The molecule has 0 saturated carbocycles. The molecule has 1 unspecified atom stereocenters. The largest absolute Gasteiger partial charge is 0.507 e. The van der Waals surface area contributed by atoms with Gasteiger partial charge in [0.15, 0.2) is 0 Å². The summed E-state index contributed by atoms with van der Waals surface area (Å²) in [6, 6.07) is 19.4. The molecule has 0 bridgehead atoms. The lowest BCUT2D eigenvalue weighted by Gasteiger charge is -2.27. The molecule has 1 heterocycles. The first-order valence-electron chi connectivity index (χ1n) is 13.3. The molecule has 1 amide bonds. The molecular formula is C33H37NO5. The average molecular weight is 528 g/mol. The predicted molar refractivity (Wildman–Crippen MR) is 155 cm³/mol. The summed E-state index contributed by atoms with van der Waals surface area (Å²) in [5.41, 5.74) is 3.73. The smallest absolute Gasteiger partial charge is 0.300 e. The Morgan fingerprint density at radius 1 is 0.974 bits per heavy atom. The minimum Gasteiger partial charge on any atom is -0.507 e. The number of benzene rings is 3. The molecule has 0 spiro atoms. The van der Waals surface area contributed by atoms with E-state index in [2.05, 4.69) is 20.8 Å². The third-order valence-corrected chi connectivity index (χ3v) is 7.09. The Morgan fingerprint density at radius 3 is 2.15 bits per heavy atom. The lowest BCUT2D eigenvalue weighted by molar-refractivity contribution is -0.132. The monoisotopic (exact) mass is 527 g/mol. The molecule has 1 aliphatic heterocycles. The van der Waals surface area contributed by atoms with Gasteiger partial charge in [0.25, 0.3) is 11.7 Å². The summed E-state index contributed by atoms with van der Waals surface area (Å²) in [5, 5.41) is 11.6. The second-order valence-electron chi connectivity index (χ2n) is 11.1. The standard InChI is InChI=1S/C33H37NO5/c1-8-39-27-18-11-22(19-26(27)20(2)3)30(35)28-29(21-9-16-25(38-7)17-10-21)34(32(37)31(28)36)24-14-12-23(13-15-24)33(4,5)6/h9-20,29,35H,8H2,1-7H3/b30-28-. The van der Waals surface area contributed by atoms with Crippen LogP contribution in [0.25, 0.3) is 5.76 Å². The number of nitrogens with zero attached hydrogens (tertiary/aromatic N) is 1. The fourth-order valence-electron chi connectivity index (χ4n) is 4.91. The molecule has 1 saturated heterocycles. The van der Waals surface area contributed by atoms with Gasteiger partial charge in [-0.15, -0.1) is 0 Å². The molecule has 1 atom stereocenters. The quantitative estimate of drug-likeness (QED) is 0.201. The number of amides is 1. The topological polar surface area (TPSA) is 76.1 Å². The maximum absolute atomic E-state index is 13.6. The Bertz CT molecular complexity index is 1400. The summed E-state index contributed by atoms with van der Waals surface area (Å²) < 4.78 is 11.1. The molecule has 39 heavy (non-hydrogen) atoms. The van der Waals surface area contributed by atoms with Crippen LogP contribution in [-0.2, 0) is 15.0 Å². The van der Waals surface area contributed by atoms with Crippen LogP contribution in [0.4, 0.5) is 5.69 Å². The van der Waals surface area contributed by atoms with Crippen LogP contribution in [0.5, 0.6) is 11.5 Å². The van der Waals surface area contributed by atoms with E-state index in [4.69, 9.17) is 9.47 Å². The number of aliphatic hydroxyl groups is 1. The van der Waals surface area contributed by atoms with Crippen LogP contribution in [0.1, 0.15) is 75.8 Å². The number of hydrogen-bond donors (Lipinski definition) is 1. The van der Waals surface area contributed by atoms with E-state index in [9.17, 15) is 14.7 Å². The highest BCUT2D eigenvalue weighted by Gasteiger charge is 2.47. The van der Waals surface area contributed by atoms with Crippen molar-refractivity contribution in [2.45, 2.75) is 58.9 Å². The summed E-state index contributed by atoms with van der Waals surface area (Å²) >= 11 is 0. The normalized spacial score (nSPS) is 17.1. The van der Waals surface area contributed by atoms with E-state index in [1.807, 2.05) is 63.2 Å². The van der Waals surface area contributed by atoms with Crippen LogP contribution in [0, 0.1) is 0 Å². The van der Waals surface area contributed by atoms with Crippen molar-refractivity contribution in [3.05, 3.63) is 94.6 Å². The minimum absolute atomic E-state index is 0.0453. The molecular weight excluding hydrogens is 490 g/mol. The number of methoxy groups -OCH3 is 1. The van der Waals surface area contributed by atoms with Gasteiger partial charge in [-0.1, -0.05) is 58.9 Å². The van der Waals surface area contributed by atoms with Gasteiger partial charge in [-0.3, -0.25) is 14.5 Å². The van der Waals surface area contributed by atoms with Crippen LogP contribution >= 0.6 is 0 Å². The molecule has 3 aromatic rings. The zero-order valence-corrected chi connectivity index (χ0v) is 23.7. The molecule has 1 N–H and O–H groups in total. The molecule has 1 aliphatic rings. The number of ketones is 1. The summed E-state index contributed by atoms with van der Waals surface area (Å²) in [5.74, 6) is -0.120. The Labute approximate surface area is 230 Å². The first kappa shape index (κ1) is 28.0. The Balaban J connectivity index is 1.90. The molecule has 6 nitrogen and oxygen atoms in total. The summed E-state index contributed by atoms with van der Waals surface area (Å²) in [4.78, 5) is 28.6. The van der Waals surface area contributed by atoms with Gasteiger partial charge in [-0.05, 0) is 77.4 Å². The third kappa shape index (κ3) is 5.42. The van der Waals surface area contributed by atoms with Crippen molar-refractivity contribution in [2.75, 3.05) is 18.6 Å². The first-order chi connectivity index (χ1) is 18.5. The lowest BCUT2D eigenvalue weighted by Crippen LogP contribution is -2.29. The molecule has 4 rings (SSSR count). The van der Waals surface area contributed by atoms with E-state index in [1.165, 1.54) is 4.90 Å². The number of carbonyl (C=O) groups excluding carboxylic acids is 2. The van der Waals surface area contributed by atoms with Crippen LogP contribution in [0.3, 0.4) is 0 Å². The highest BCUT2D eigenvalue weighted by Crippen LogP contribution is 2.43. The molecule has 0 radical (unpaired) electrons. The average Bonchev–Trinajstić information content (AvgIpc) is 3.18. The van der Waals surface area contributed by atoms with Crippen molar-refractivity contribution < 1.29 is 24.2 Å². The van der Waals surface area contributed by atoms with E-state index in [-0.39, 0.29) is 22.7 Å². The second-order valence-corrected chi connectivity index (χ2v) is 11.1. The van der Waals surface area contributed by atoms with Gasteiger partial charge in [0, 0.05) is 11.3 Å². The molecule has 6 heteroatoms. The van der Waals surface area contributed by atoms with Crippen molar-refractivity contribution in [3.63, 3.8) is 0 Å². The Hall–Kier alpha value is -4.06. The van der Waals surface area contributed by atoms with Crippen molar-refractivity contribution in [1.82, 2.24) is 0 Å². The highest BCUT2D eigenvalue weighted by atomic mass is 16.5. The number of rotatable bonds is 7. The highest BCUT2D eigenvalue weighted by molar-refractivity contribution is 6.51. The van der Waals surface area contributed by atoms with Crippen LogP contribution in [0.2, 0.25) is 0 Å². The SMILES string of the molecule is CCOc1ccc(/C(O)=C2/C(=O)C(=O)N(c3ccc(C(C)(C)C)cc3)C2c2ccc(OC)cc2)cc1C(C)C. The van der Waals surface area contributed by atoms with Crippen molar-refractivity contribution in [2.24, 2.45) is 0 Å². The number of aliphatic hydroxyl groups excluding tert-OH is 1. The van der Waals surface area contributed by atoms with Gasteiger partial charge in [0.1, 0.15) is 17.3 Å². The number of anilines is 1. The van der Waals surface area contributed by atoms with Crippen molar-refractivity contribution >= 4 is 23.1 Å². The van der Waals surface area contributed by atoms with Gasteiger partial charge in [0.05, 0.1) is 25.3 Å². The minimum atomic E-state index is -0.814. The Kier molecular flexibility index (Phi) is 7.86. The third-order valence-electron chi connectivity index (χ3n) is 7.09. The fraction of sp³-hybridized carbons (Fsp3) is 0.333. The zero-order valence-electron chi connectivity index (χ0n) is 23.7. The summed E-state index contributed by atoms with van der Waals surface area (Å²) in [6.07, 6.45) is 0. The molecule has 1 fully saturated rings. The molecule has 0 aromatic heterocycles. The molecule has 3 aromatic carbocycles. The van der Waals surface area contributed by atoms with Crippen LogP contribution in [-0.4, -0.2) is 30.5 Å². The van der Waals surface area contributed by atoms with Crippen LogP contribution < -0.4 is 14.4 Å². The van der Waals surface area contributed by atoms with E-state index < -0.39 is 17.7 Å². The van der Waals surface area contributed by atoms with E-state index in [1.54, 1.807) is 31.4 Å². The van der Waals surface area contributed by atoms with Crippen molar-refractivity contribution in [3.8, 4) is 11.5 Å².